The predicted octanol–water partition coefficient (Wildman–Crippen LogP) is 2.63. The first-order valence-corrected chi connectivity index (χ1v) is 7.12. The first kappa shape index (κ1) is 15.5. The second-order valence-corrected chi connectivity index (χ2v) is 5.32. The number of rotatable bonds is 7. The van der Waals surface area contributed by atoms with Gasteiger partial charge in [0.1, 0.15) is 0 Å². The van der Waals surface area contributed by atoms with Crippen molar-refractivity contribution >= 4 is 29.1 Å². The molecule has 1 heterocycles. The lowest BCUT2D eigenvalue weighted by atomic mass is 10.3. The first-order chi connectivity index (χ1) is 10.1. The van der Waals surface area contributed by atoms with Crippen LogP contribution >= 0.6 is 11.6 Å². The molecule has 0 fully saturated rings. The van der Waals surface area contributed by atoms with Gasteiger partial charge < -0.3 is 15.5 Å². The summed E-state index contributed by atoms with van der Waals surface area (Å²) in [5.41, 5.74) is 0.863. The molecule has 0 bridgehead atoms. The van der Waals surface area contributed by atoms with Crippen molar-refractivity contribution in [3.8, 4) is 0 Å². The van der Waals surface area contributed by atoms with Gasteiger partial charge in [0, 0.05) is 17.3 Å². The van der Waals surface area contributed by atoms with E-state index in [1.165, 1.54) is 0 Å². The van der Waals surface area contributed by atoms with E-state index in [2.05, 4.69) is 30.7 Å². The summed E-state index contributed by atoms with van der Waals surface area (Å²) >= 11 is 5.95. The Morgan fingerprint density at radius 3 is 2.90 bits per heavy atom. The quantitative estimate of drug-likeness (QED) is 0.767. The number of aromatic nitrogens is 3. The van der Waals surface area contributed by atoms with E-state index >= 15 is 0 Å². The number of nitrogens with one attached hydrogen (secondary N) is 2. The minimum atomic E-state index is 0.515. The van der Waals surface area contributed by atoms with Gasteiger partial charge in [0.2, 0.25) is 5.95 Å². The molecule has 0 saturated carbocycles. The smallest absolute Gasteiger partial charge is 0.244 e. The minimum absolute atomic E-state index is 0.515. The Morgan fingerprint density at radius 1 is 1.29 bits per heavy atom. The van der Waals surface area contributed by atoms with Crippen LogP contribution < -0.4 is 10.6 Å². The lowest BCUT2D eigenvalue weighted by Gasteiger charge is -2.10. The van der Waals surface area contributed by atoms with Crippen molar-refractivity contribution in [1.29, 1.82) is 0 Å². The maximum Gasteiger partial charge on any atom is 0.244 e. The molecule has 0 radical (unpaired) electrons. The van der Waals surface area contributed by atoms with Crippen molar-refractivity contribution in [2.75, 3.05) is 37.8 Å². The molecule has 0 spiro atoms. The normalized spacial score (nSPS) is 10.7. The van der Waals surface area contributed by atoms with Crippen molar-refractivity contribution in [1.82, 2.24) is 20.1 Å². The van der Waals surface area contributed by atoms with E-state index in [0.29, 0.717) is 16.8 Å². The van der Waals surface area contributed by atoms with Crippen LogP contribution in [-0.4, -0.2) is 47.3 Å². The van der Waals surface area contributed by atoms with Crippen LogP contribution in [0.1, 0.15) is 6.42 Å². The van der Waals surface area contributed by atoms with Crippen molar-refractivity contribution < 1.29 is 0 Å². The molecular formula is C14H19ClN6. The third kappa shape index (κ3) is 5.53. The number of benzene rings is 1. The Hall–Kier alpha value is -1.92. The lowest BCUT2D eigenvalue weighted by molar-refractivity contribution is 0.405. The molecule has 2 aromatic rings. The summed E-state index contributed by atoms with van der Waals surface area (Å²) in [6.45, 7) is 1.82. The molecule has 7 heteroatoms. The molecule has 2 N–H and O–H groups in total. The Kier molecular flexibility index (Phi) is 5.71. The highest BCUT2D eigenvalue weighted by Gasteiger charge is 2.01. The third-order valence-electron chi connectivity index (χ3n) is 2.72. The maximum absolute atomic E-state index is 5.95. The highest BCUT2D eigenvalue weighted by molar-refractivity contribution is 6.30. The Balaban J connectivity index is 1.91. The molecule has 0 atom stereocenters. The van der Waals surface area contributed by atoms with Gasteiger partial charge >= 0.3 is 0 Å². The van der Waals surface area contributed by atoms with E-state index in [0.717, 1.165) is 25.2 Å². The Labute approximate surface area is 129 Å². The molecule has 0 amide bonds. The number of hydrogen-bond donors (Lipinski definition) is 2. The van der Waals surface area contributed by atoms with Crippen molar-refractivity contribution in [2.45, 2.75) is 6.42 Å². The molecular weight excluding hydrogens is 288 g/mol. The second-order valence-electron chi connectivity index (χ2n) is 4.88. The maximum atomic E-state index is 5.95. The predicted molar refractivity (Wildman–Crippen MR) is 86.2 cm³/mol. The van der Waals surface area contributed by atoms with Gasteiger partial charge in [0.05, 0.1) is 6.20 Å². The van der Waals surface area contributed by atoms with Gasteiger partial charge in [-0.15, -0.1) is 5.10 Å². The topological polar surface area (TPSA) is 66.0 Å². The highest BCUT2D eigenvalue weighted by Crippen LogP contribution is 2.18. The van der Waals surface area contributed by atoms with Crippen LogP contribution in [0.4, 0.5) is 17.5 Å². The Morgan fingerprint density at radius 2 is 2.14 bits per heavy atom. The standard InChI is InChI=1S/C14H19ClN6/c1-21(2)8-4-7-16-14-19-13(10-17-20-14)18-12-6-3-5-11(15)9-12/h3,5-6,9-10H,4,7-8H2,1-2H3,(H2,16,18,19,20). The molecule has 1 aromatic heterocycles. The zero-order valence-corrected chi connectivity index (χ0v) is 12.9. The second kappa shape index (κ2) is 7.75. The first-order valence-electron chi connectivity index (χ1n) is 6.74. The zero-order valence-electron chi connectivity index (χ0n) is 12.2. The number of halogens is 1. The average Bonchev–Trinajstić information content (AvgIpc) is 2.44. The van der Waals surface area contributed by atoms with Crippen LogP contribution in [0, 0.1) is 0 Å². The lowest BCUT2D eigenvalue weighted by Crippen LogP contribution is -2.17. The van der Waals surface area contributed by atoms with Crippen molar-refractivity contribution in [3.05, 3.63) is 35.5 Å². The van der Waals surface area contributed by atoms with E-state index in [1.807, 2.05) is 38.4 Å². The fraction of sp³-hybridized carbons (Fsp3) is 0.357. The largest absolute Gasteiger partial charge is 0.353 e. The molecule has 2 rings (SSSR count). The van der Waals surface area contributed by atoms with Gasteiger partial charge in [0.25, 0.3) is 0 Å². The van der Waals surface area contributed by atoms with Crippen molar-refractivity contribution in [3.63, 3.8) is 0 Å². The molecule has 112 valence electrons. The van der Waals surface area contributed by atoms with Crippen LogP contribution in [0.15, 0.2) is 30.5 Å². The van der Waals surface area contributed by atoms with E-state index in [9.17, 15) is 0 Å². The van der Waals surface area contributed by atoms with Gasteiger partial charge in [0.15, 0.2) is 5.82 Å². The Bertz CT molecular complexity index is 575. The SMILES string of the molecule is CN(C)CCCNc1nncc(Nc2cccc(Cl)c2)n1. The molecule has 0 aliphatic carbocycles. The molecule has 1 aromatic carbocycles. The number of anilines is 3. The number of nitrogens with zero attached hydrogens (tertiary/aromatic N) is 4. The van der Waals surface area contributed by atoms with Gasteiger partial charge in [-0.25, -0.2) is 0 Å². The van der Waals surface area contributed by atoms with Gasteiger partial charge in [-0.3, -0.25) is 0 Å². The van der Waals surface area contributed by atoms with Crippen LogP contribution in [0.3, 0.4) is 0 Å². The summed E-state index contributed by atoms with van der Waals surface area (Å²) in [6, 6.07) is 7.44. The fourth-order valence-corrected chi connectivity index (χ4v) is 1.94. The average molecular weight is 307 g/mol. The summed E-state index contributed by atoms with van der Waals surface area (Å²) < 4.78 is 0. The molecule has 0 unspecified atom stereocenters. The van der Waals surface area contributed by atoms with E-state index in [1.54, 1.807) is 6.20 Å². The molecule has 0 aliphatic heterocycles. The summed E-state index contributed by atoms with van der Waals surface area (Å²) in [6.07, 6.45) is 2.59. The summed E-state index contributed by atoms with van der Waals surface area (Å²) in [5.74, 6) is 1.14. The van der Waals surface area contributed by atoms with Crippen LogP contribution in [-0.2, 0) is 0 Å². The molecule has 0 saturated heterocycles. The molecule has 6 nitrogen and oxygen atoms in total. The van der Waals surface area contributed by atoms with E-state index < -0.39 is 0 Å². The molecule has 0 aliphatic rings. The van der Waals surface area contributed by atoms with Gasteiger partial charge in [-0.2, -0.15) is 10.1 Å². The van der Waals surface area contributed by atoms with Gasteiger partial charge in [-0.1, -0.05) is 17.7 Å². The summed E-state index contributed by atoms with van der Waals surface area (Å²) in [7, 11) is 4.10. The zero-order chi connectivity index (χ0) is 15.1. The van der Waals surface area contributed by atoms with Gasteiger partial charge in [-0.05, 0) is 45.3 Å². The number of hydrogen-bond acceptors (Lipinski definition) is 6. The molecule has 21 heavy (non-hydrogen) atoms. The van der Waals surface area contributed by atoms with Crippen LogP contribution in [0.5, 0.6) is 0 Å². The highest BCUT2D eigenvalue weighted by atomic mass is 35.5. The minimum Gasteiger partial charge on any atom is -0.353 e. The van der Waals surface area contributed by atoms with E-state index in [-0.39, 0.29) is 0 Å². The van der Waals surface area contributed by atoms with Crippen LogP contribution in [0.2, 0.25) is 5.02 Å². The third-order valence-corrected chi connectivity index (χ3v) is 2.96. The fourth-order valence-electron chi connectivity index (χ4n) is 1.75. The monoisotopic (exact) mass is 306 g/mol. The summed E-state index contributed by atoms with van der Waals surface area (Å²) in [5, 5.41) is 14.9. The summed E-state index contributed by atoms with van der Waals surface area (Å²) in [4.78, 5) is 6.50. The van der Waals surface area contributed by atoms with Crippen molar-refractivity contribution in [2.24, 2.45) is 0 Å². The van der Waals surface area contributed by atoms with Crippen LogP contribution in [0.25, 0.3) is 0 Å². The van der Waals surface area contributed by atoms with E-state index in [4.69, 9.17) is 11.6 Å².